The van der Waals surface area contributed by atoms with Crippen LogP contribution in [0.15, 0.2) is 28.9 Å². The summed E-state index contributed by atoms with van der Waals surface area (Å²) >= 11 is 5.96. The Hall–Kier alpha value is 0.147. The molecule has 2 nitrogen and oxygen atoms in total. The van der Waals surface area contributed by atoms with Crippen LogP contribution in [0, 0.1) is 3.57 Å². The number of halogens is 2. The molecule has 1 aromatic heterocycles. The molecule has 0 N–H and O–H groups in total. The quantitative estimate of drug-likeness (QED) is 0.385. The number of hydrogen-bond donors (Lipinski definition) is 0. The Balaban J connectivity index is 2.13. The van der Waals surface area contributed by atoms with Crippen LogP contribution in [0.2, 0.25) is 18.1 Å². The Morgan fingerprint density at radius 1 is 1.29 bits per heavy atom. The second-order valence-electron chi connectivity index (χ2n) is 6.94. The highest BCUT2D eigenvalue weighted by atomic mass is 127. The van der Waals surface area contributed by atoms with Crippen LogP contribution < -0.4 is 0 Å². The molecule has 1 aromatic carbocycles. The van der Waals surface area contributed by atoms with Crippen LogP contribution in [0.3, 0.4) is 0 Å². The van der Waals surface area contributed by atoms with Crippen LogP contribution in [0.4, 0.5) is 0 Å². The standard InChI is InChI=1S/C16H23BrINOSi/c1-16(2,3)21(4,5)20-9-8-19-11-14(18)13-7-6-12(17)10-15(13)19/h6-7,10-11H,8-9H2,1-5H3. The molecule has 0 bridgehead atoms. The number of fused-ring (bicyclic) bond motifs is 1. The molecule has 1 heterocycles. The molecule has 21 heavy (non-hydrogen) atoms. The van der Waals surface area contributed by atoms with Gasteiger partial charge in [0.15, 0.2) is 8.32 Å². The van der Waals surface area contributed by atoms with E-state index in [4.69, 9.17) is 4.43 Å². The molecule has 0 aliphatic rings. The minimum Gasteiger partial charge on any atom is -0.415 e. The van der Waals surface area contributed by atoms with Crippen LogP contribution in [0.1, 0.15) is 20.8 Å². The van der Waals surface area contributed by atoms with Crippen molar-refractivity contribution in [2.45, 2.75) is 45.4 Å². The van der Waals surface area contributed by atoms with E-state index < -0.39 is 8.32 Å². The Bertz CT molecular complexity index is 645. The van der Waals surface area contributed by atoms with Gasteiger partial charge in [0, 0.05) is 26.2 Å². The van der Waals surface area contributed by atoms with Gasteiger partial charge in [-0.1, -0.05) is 42.8 Å². The molecule has 0 radical (unpaired) electrons. The maximum Gasteiger partial charge on any atom is 0.192 e. The molecule has 5 heteroatoms. The number of nitrogens with zero attached hydrogens (tertiary/aromatic N) is 1. The lowest BCUT2D eigenvalue weighted by Crippen LogP contribution is -2.41. The van der Waals surface area contributed by atoms with E-state index >= 15 is 0 Å². The van der Waals surface area contributed by atoms with Crippen LogP contribution in [-0.4, -0.2) is 19.5 Å². The zero-order valence-electron chi connectivity index (χ0n) is 13.3. The molecule has 0 saturated heterocycles. The van der Waals surface area contributed by atoms with Crippen LogP contribution >= 0.6 is 38.5 Å². The van der Waals surface area contributed by atoms with Crippen molar-refractivity contribution in [3.8, 4) is 0 Å². The van der Waals surface area contributed by atoms with Gasteiger partial charge < -0.3 is 8.99 Å². The van der Waals surface area contributed by atoms with E-state index in [0.29, 0.717) is 0 Å². The zero-order chi connectivity index (χ0) is 15.8. The summed E-state index contributed by atoms with van der Waals surface area (Å²) in [5, 5.41) is 1.58. The van der Waals surface area contributed by atoms with Crippen molar-refractivity contribution >= 4 is 57.7 Å². The Kier molecular flexibility index (Phi) is 5.28. The second kappa shape index (κ2) is 6.33. The Morgan fingerprint density at radius 3 is 2.57 bits per heavy atom. The van der Waals surface area contributed by atoms with Gasteiger partial charge in [-0.3, -0.25) is 0 Å². The molecular weight excluding hydrogens is 457 g/mol. The molecule has 0 spiro atoms. The van der Waals surface area contributed by atoms with E-state index in [2.05, 4.69) is 101 Å². The van der Waals surface area contributed by atoms with Crippen molar-refractivity contribution in [2.24, 2.45) is 0 Å². The van der Waals surface area contributed by atoms with E-state index in [1.807, 2.05) is 0 Å². The Morgan fingerprint density at radius 2 is 1.95 bits per heavy atom. The Labute approximate surface area is 150 Å². The summed E-state index contributed by atoms with van der Waals surface area (Å²) < 4.78 is 11.0. The SMILES string of the molecule is CC(C)(C)[Si](C)(C)OCCn1cc(I)c2ccc(Br)cc21. The van der Waals surface area contributed by atoms with E-state index in [9.17, 15) is 0 Å². The van der Waals surface area contributed by atoms with E-state index in [1.54, 1.807) is 0 Å². The first-order valence-corrected chi connectivity index (χ1v) is 12.0. The summed E-state index contributed by atoms with van der Waals surface area (Å²) in [4.78, 5) is 0. The van der Waals surface area contributed by atoms with Crippen LogP contribution in [0.25, 0.3) is 10.9 Å². The molecule has 0 unspecified atom stereocenters. The summed E-state index contributed by atoms with van der Waals surface area (Å²) in [7, 11) is -1.65. The molecule has 116 valence electrons. The molecule has 0 aliphatic heterocycles. The third kappa shape index (κ3) is 3.92. The molecule has 0 amide bonds. The van der Waals surface area contributed by atoms with Crippen molar-refractivity contribution < 1.29 is 4.43 Å². The lowest BCUT2D eigenvalue weighted by molar-refractivity contribution is 0.273. The molecule has 2 rings (SSSR count). The first-order chi connectivity index (χ1) is 9.62. The minimum atomic E-state index is -1.65. The molecule has 0 aliphatic carbocycles. The van der Waals surface area contributed by atoms with Gasteiger partial charge in [0.2, 0.25) is 0 Å². The highest BCUT2D eigenvalue weighted by Crippen LogP contribution is 2.36. The molecule has 0 atom stereocenters. The summed E-state index contributed by atoms with van der Waals surface area (Å²) in [6.07, 6.45) is 2.21. The highest BCUT2D eigenvalue weighted by molar-refractivity contribution is 14.1. The van der Waals surface area contributed by atoms with Gasteiger partial charge in [-0.25, -0.2) is 0 Å². The highest BCUT2D eigenvalue weighted by Gasteiger charge is 2.36. The van der Waals surface area contributed by atoms with Crippen molar-refractivity contribution in [1.82, 2.24) is 4.57 Å². The lowest BCUT2D eigenvalue weighted by Gasteiger charge is -2.36. The van der Waals surface area contributed by atoms with Gasteiger partial charge in [0.05, 0.1) is 12.1 Å². The van der Waals surface area contributed by atoms with Gasteiger partial charge in [-0.15, -0.1) is 0 Å². The van der Waals surface area contributed by atoms with Gasteiger partial charge in [0.1, 0.15) is 0 Å². The minimum absolute atomic E-state index is 0.267. The molecule has 0 fully saturated rings. The third-order valence-corrected chi connectivity index (χ3v) is 10.3. The summed E-state index contributed by atoms with van der Waals surface area (Å²) in [5.74, 6) is 0. The number of rotatable bonds is 4. The fourth-order valence-corrected chi connectivity index (χ4v) is 4.20. The summed E-state index contributed by atoms with van der Waals surface area (Å²) in [6.45, 7) is 13.1. The van der Waals surface area contributed by atoms with Gasteiger partial charge in [-0.05, 0) is 52.9 Å². The number of aromatic nitrogens is 1. The van der Waals surface area contributed by atoms with Gasteiger partial charge in [-0.2, -0.15) is 0 Å². The maximum atomic E-state index is 6.29. The smallest absolute Gasteiger partial charge is 0.192 e. The first kappa shape index (κ1) is 17.5. The average molecular weight is 480 g/mol. The van der Waals surface area contributed by atoms with Crippen LogP contribution in [-0.2, 0) is 11.0 Å². The third-order valence-electron chi connectivity index (χ3n) is 4.40. The summed E-state index contributed by atoms with van der Waals surface area (Å²) in [5.41, 5.74) is 1.27. The topological polar surface area (TPSA) is 14.2 Å². The summed E-state index contributed by atoms with van der Waals surface area (Å²) in [6, 6.07) is 6.46. The lowest BCUT2D eigenvalue weighted by atomic mass is 10.2. The zero-order valence-corrected chi connectivity index (χ0v) is 18.1. The van der Waals surface area contributed by atoms with Crippen molar-refractivity contribution in [3.05, 3.63) is 32.4 Å². The largest absolute Gasteiger partial charge is 0.415 e. The molecule has 0 saturated carbocycles. The number of hydrogen-bond acceptors (Lipinski definition) is 1. The fourth-order valence-electron chi connectivity index (χ4n) is 2.02. The van der Waals surface area contributed by atoms with Crippen molar-refractivity contribution in [3.63, 3.8) is 0 Å². The van der Waals surface area contributed by atoms with Crippen LogP contribution in [0.5, 0.6) is 0 Å². The number of benzene rings is 1. The maximum absolute atomic E-state index is 6.29. The van der Waals surface area contributed by atoms with Crippen molar-refractivity contribution in [1.29, 1.82) is 0 Å². The van der Waals surface area contributed by atoms with E-state index in [-0.39, 0.29) is 5.04 Å². The normalized spacial score (nSPS) is 13.1. The predicted octanol–water partition coefficient (Wildman–Crippen LogP) is 6.03. The van der Waals surface area contributed by atoms with Crippen molar-refractivity contribution in [2.75, 3.05) is 6.61 Å². The van der Waals surface area contributed by atoms with E-state index in [0.717, 1.165) is 17.6 Å². The van der Waals surface area contributed by atoms with E-state index in [1.165, 1.54) is 14.5 Å². The monoisotopic (exact) mass is 479 g/mol. The molecular formula is C16H23BrINOSi. The predicted molar refractivity (Wildman–Crippen MR) is 106 cm³/mol. The van der Waals surface area contributed by atoms with Gasteiger partial charge in [0.25, 0.3) is 0 Å². The first-order valence-electron chi connectivity index (χ1n) is 7.20. The van der Waals surface area contributed by atoms with Gasteiger partial charge >= 0.3 is 0 Å². The second-order valence-corrected chi connectivity index (χ2v) is 13.8. The average Bonchev–Trinajstić information content (AvgIpc) is 2.64. The fraction of sp³-hybridized carbons (Fsp3) is 0.500. The molecule has 2 aromatic rings.